The Morgan fingerprint density at radius 2 is 1.96 bits per heavy atom. The van der Waals surface area contributed by atoms with Crippen LogP contribution in [0.15, 0.2) is 36.4 Å². The van der Waals surface area contributed by atoms with Gasteiger partial charge in [0.05, 0.1) is 39.7 Å². The van der Waals surface area contributed by atoms with Gasteiger partial charge in [0.1, 0.15) is 11.8 Å². The number of hydrogen-bond donors (Lipinski definition) is 0. The zero-order valence-corrected chi connectivity index (χ0v) is 18.7. The van der Waals surface area contributed by atoms with Gasteiger partial charge in [-0.3, -0.25) is 4.79 Å². The van der Waals surface area contributed by atoms with Gasteiger partial charge in [0.25, 0.3) is 0 Å². The van der Waals surface area contributed by atoms with Crippen LogP contribution in [0, 0.1) is 0 Å². The fraction of sp³-hybridized carbons (Fsp3) is 0.409. The molecule has 0 amide bonds. The van der Waals surface area contributed by atoms with Crippen molar-refractivity contribution in [1.82, 2.24) is 0 Å². The number of nitrogens with zero attached hydrogens (tertiary/aromatic N) is 1. The van der Waals surface area contributed by atoms with E-state index < -0.39 is 0 Å². The van der Waals surface area contributed by atoms with Crippen molar-refractivity contribution in [2.75, 3.05) is 34.5 Å². The lowest BCUT2D eigenvalue weighted by atomic mass is 9.86. The summed E-state index contributed by atoms with van der Waals surface area (Å²) in [4.78, 5) is 12.9. The summed E-state index contributed by atoms with van der Waals surface area (Å²) in [7, 11) is 6.04. The number of benzene rings is 2. The van der Waals surface area contributed by atoms with Crippen LogP contribution in [0.5, 0.6) is 17.2 Å². The van der Waals surface area contributed by atoms with E-state index in [9.17, 15) is 4.79 Å². The first kappa shape index (κ1) is 20.9. The first-order valence-electron chi connectivity index (χ1n) is 9.37. The zero-order chi connectivity index (χ0) is 19.0. The highest BCUT2D eigenvalue weighted by Gasteiger charge is 2.42. The van der Waals surface area contributed by atoms with Crippen LogP contribution in [0.3, 0.4) is 0 Å². The molecule has 6 heteroatoms. The maximum Gasteiger partial charge on any atom is 0.231 e. The first-order valence-corrected chi connectivity index (χ1v) is 9.37. The number of ether oxygens (including phenoxy) is 3. The Morgan fingerprint density at radius 3 is 2.68 bits per heavy atom. The van der Waals surface area contributed by atoms with Crippen LogP contribution >= 0.6 is 0 Å². The highest BCUT2D eigenvalue weighted by molar-refractivity contribution is 5.82. The van der Waals surface area contributed by atoms with E-state index in [1.165, 1.54) is 5.56 Å². The molecule has 0 bridgehead atoms. The second-order valence-electron chi connectivity index (χ2n) is 7.89. The van der Waals surface area contributed by atoms with Gasteiger partial charge in [-0.1, -0.05) is 30.3 Å². The molecule has 1 unspecified atom stereocenters. The number of fused-ring (bicyclic) bond motifs is 2. The van der Waals surface area contributed by atoms with Crippen molar-refractivity contribution in [1.29, 1.82) is 0 Å². The van der Waals surface area contributed by atoms with Crippen molar-refractivity contribution in [3.8, 4) is 17.2 Å². The first-order chi connectivity index (χ1) is 13.0. The molecule has 0 aliphatic carbocycles. The van der Waals surface area contributed by atoms with Crippen molar-refractivity contribution >= 4 is 5.78 Å². The molecule has 150 valence electrons. The van der Waals surface area contributed by atoms with Crippen molar-refractivity contribution < 1.29 is 47.5 Å². The highest BCUT2D eigenvalue weighted by Crippen LogP contribution is 2.51. The Balaban J connectivity index is 0.00000225. The van der Waals surface area contributed by atoms with Crippen LogP contribution in [0.1, 0.15) is 29.2 Å². The van der Waals surface area contributed by atoms with E-state index in [-0.39, 0.29) is 42.6 Å². The number of carbonyl (C=O) groups excluding carboxylic acids is 1. The van der Waals surface area contributed by atoms with Crippen LogP contribution in [-0.4, -0.2) is 44.8 Å². The molecule has 2 heterocycles. The van der Waals surface area contributed by atoms with Crippen LogP contribution in [0.2, 0.25) is 0 Å². The summed E-state index contributed by atoms with van der Waals surface area (Å²) >= 11 is 0. The second-order valence-corrected chi connectivity index (χ2v) is 7.89. The standard InChI is InChI=1S/C22H26NO4.HI/c1-23(2)10-9-16-12-19-21(27-14-26-19)22(25-3)20(16)18(23)13-17(24)11-15-7-5-4-6-8-15;/h4-8,12,18H,9-11,13-14H2,1-3H3;1H/q+1;/p-1. The Kier molecular flexibility index (Phi) is 6.19. The number of ketones is 1. The van der Waals surface area contributed by atoms with Gasteiger partial charge in [-0.2, -0.15) is 0 Å². The minimum absolute atomic E-state index is 0. The van der Waals surface area contributed by atoms with Gasteiger partial charge in [-0.15, -0.1) is 0 Å². The van der Waals surface area contributed by atoms with Gasteiger partial charge in [0.15, 0.2) is 11.5 Å². The summed E-state index contributed by atoms with van der Waals surface area (Å²) in [6, 6.07) is 12.0. The molecule has 0 N–H and O–H groups in total. The van der Waals surface area contributed by atoms with E-state index in [4.69, 9.17) is 14.2 Å². The second kappa shape index (κ2) is 8.29. The molecule has 2 aliphatic rings. The van der Waals surface area contributed by atoms with Gasteiger partial charge < -0.3 is 42.7 Å². The van der Waals surface area contributed by atoms with Crippen molar-refractivity contribution in [2.24, 2.45) is 0 Å². The minimum Gasteiger partial charge on any atom is -1.00 e. The predicted molar refractivity (Wildman–Crippen MR) is 102 cm³/mol. The number of Topliss-reactive ketones (excluding diaryl/α,β-unsaturated/α-hetero) is 1. The van der Waals surface area contributed by atoms with Crippen LogP contribution in [-0.2, 0) is 17.6 Å². The van der Waals surface area contributed by atoms with Crippen molar-refractivity contribution in [2.45, 2.75) is 25.3 Å². The molecule has 5 nitrogen and oxygen atoms in total. The van der Waals surface area contributed by atoms with E-state index in [2.05, 4.69) is 20.2 Å². The van der Waals surface area contributed by atoms with Crippen molar-refractivity contribution in [3.63, 3.8) is 0 Å². The molecular formula is C22H26INO4. The Labute approximate surface area is 183 Å². The summed E-state index contributed by atoms with van der Waals surface area (Å²) in [5, 5.41) is 0. The molecule has 0 saturated heterocycles. The van der Waals surface area contributed by atoms with E-state index in [1.807, 2.05) is 30.3 Å². The fourth-order valence-electron chi connectivity index (χ4n) is 4.23. The monoisotopic (exact) mass is 495 g/mol. The average molecular weight is 495 g/mol. The maximum atomic E-state index is 12.9. The third kappa shape index (κ3) is 3.85. The highest BCUT2D eigenvalue weighted by atomic mass is 127. The molecule has 0 fully saturated rings. The normalized spacial score (nSPS) is 18.8. The molecule has 1 atom stereocenters. The molecule has 0 aromatic heterocycles. The number of quaternary nitrogens is 1. The molecule has 0 saturated carbocycles. The van der Waals surface area contributed by atoms with E-state index in [0.717, 1.165) is 40.1 Å². The lowest BCUT2D eigenvalue weighted by molar-refractivity contribution is -0.922. The number of rotatable bonds is 5. The number of hydrogen-bond acceptors (Lipinski definition) is 4. The van der Waals surface area contributed by atoms with Gasteiger partial charge in [0, 0.05) is 12.8 Å². The van der Waals surface area contributed by atoms with Gasteiger partial charge in [0.2, 0.25) is 12.5 Å². The lowest BCUT2D eigenvalue weighted by Gasteiger charge is -2.43. The molecule has 28 heavy (non-hydrogen) atoms. The summed E-state index contributed by atoms with van der Waals surface area (Å²) in [5.74, 6) is 2.37. The van der Waals surface area contributed by atoms with E-state index in [1.54, 1.807) is 7.11 Å². The van der Waals surface area contributed by atoms with Gasteiger partial charge in [-0.25, -0.2) is 0 Å². The third-order valence-electron chi connectivity index (χ3n) is 5.75. The van der Waals surface area contributed by atoms with Crippen molar-refractivity contribution in [3.05, 3.63) is 53.1 Å². The molecule has 0 radical (unpaired) electrons. The molecule has 2 aromatic rings. The third-order valence-corrected chi connectivity index (χ3v) is 5.75. The topological polar surface area (TPSA) is 44.8 Å². The summed E-state index contributed by atoms with van der Waals surface area (Å²) in [5.41, 5.74) is 3.35. The number of likely N-dealkylation sites (N-methyl/N-ethyl adjacent to an activating group) is 1. The smallest absolute Gasteiger partial charge is 0.231 e. The van der Waals surface area contributed by atoms with Crippen LogP contribution in [0.25, 0.3) is 0 Å². The Bertz CT molecular complexity index is 867. The fourth-order valence-corrected chi connectivity index (χ4v) is 4.23. The van der Waals surface area contributed by atoms with Crippen LogP contribution < -0.4 is 38.2 Å². The lowest BCUT2D eigenvalue weighted by Crippen LogP contribution is -3.00. The van der Waals surface area contributed by atoms with E-state index in [0.29, 0.717) is 18.6 Å². The molecule has 2 aliphatic heterocycles. The maximum absolute atomic E-state index is 12.9. The number of methoxy groups -OCH3 is 1. The quantitative estimate of drug-likeness (QED) is 0.443. The predicted octanol–water partition coefficient (Wildman–Crippen LogP) is 0.303. The number of carbonyl (C=O) groups is 1. The Hall–Kier alpha value is -1.80. The van der Waals surface area contributed by atoms with Gasteiger partial charge >= 0.3 is 0 Å². The van der Waals surface area contributed by atoms with Crippen LogP contribution in [0.4, 0.5) is 0 Å². The minimum atomic E-state index is 0. The summed E-state index contributed by atoms with van der Waals surface area (Å²) in [6.07, 6.45) is 1.86. The largest absolute Gasteiger partial charge is 1.00 e. The average Bonchev–Trinajstić information content (AvgIpc) is 3.11. The molecule has 0 spiro atoms. The molecular weight excluding hydrogens is 469 g/mol. The SMILES string of the molecule is COc1c2c(cc3c1C(CC(=O)Cc1ccccc1)[N+](C)(C)CC3)OCO2.[I-]. The molecule has 4 rings (SSSR count). The summed E-state index contributed by atoms with van der Waals surface area (Å²) in [6.45, 7) is 1.18. The summed E-state index contributed by atoms with van der Waals surface area (Å²) < 4.78 is 17.8. The van der Waals surface area contributed by atoms with E-state index >= 15 is 0 Å². The Morgan fingerprint density at radius 1 is 1.21 bits per heavy atom. The molecule has 2 aromatic carbocycles. The number of halogens is 1. The zero-order valence-electron chi connectivity index (χ0n) is 16.5. The van der Waals surface area contributed by atoms with Gasteiger partial charge in [-0.05, 0) is 17.2 Å².